The van der Waals surface area contributed by atoms with Crippen molar-refractivity contribution in [3.63, 3.8) is 0 Å². The molecule has 0 fully saturated rings. The molecule has 9 nitrogen and oxygen atoms in total. The third kappa shape index (κ3) is 5.48. The molecular formula is C19H24N6O3S2. The van der Waals surface area contributed by atoms with Crippen molar-refractivity contribution in [2.24, 2.45) is 0 Å². The summed E-state index contributed by atoms with van der Waals surface area (Å²) >= 11 is 2.65. The van der Waals surface area contributed by atoms with E-state index in [9.17, 15) is 4.79 Å². The standard InChI is InChI=1S/C19H24N6O3S2/c1-11(2)25-17(12(3)28-15-8-6-7-14(9-15)27-5)22-24-19(25)29-10-16(26)20-18-23-21-13(4)30-18/h6-9,11-12H,10H2,1-5H3,(H,20,23,26). The van der Waals surface area contributed by atoms with Crippen molar-refractivity contribution in [2.75, 3.05) is 18.2 Å². The summed E-state index contributed by atoms with van der Waals surface area (Å²) in [5.41, 5.74) is 0. The summed E-state index contributed by atoms with van der Waals surface area (Å²) < 4.78 is 13.3. The van der Waals surface area contributed by atoms with Crippen LogP contribution in [-0.4, -0.2) is 43.7 Å². The van der Waals surface area contributed by atoms with Crippen LogP contribution in [0.1, 0.15) is 43.7 Å². The predicted octanol–water partition coefficient (Wildman–Crippen LogP) is 3.90. The van der Waals surface area contributed by atoms with Crippen LogP contribution in [0.15, 0.2) is 29.4 Å². The molecule has 0 radical (unpaired) electrons. The van der Waals surface area contributed by atoms with Crippen molar-refractivity contribution >= 4 is 34.1 Å². The highest BCUT2D eigenvalue weighted by molar-refractivity contribution is 7.99. The number of thioether (sulfide) groups is 1. The van der Waals surface area contributed by atoms with Gasteiger partial charge in [-0.05, 0) is 39.8 Å². The number of carbonyl (C=O) groups excluding carboxylic acids is 1. The topological polar surface area (TPSA) is 104 Å². The van der Waals surface area contributed by atoms with E-state index in [1.165, 1.54) is 23.1 Å². The van der Waals surface area contributed by atoms with E-state index in [0.717, 1.165) is 10.8 Å². The minimum absolute atomic E-state index is 0.0998. The zero-order chi connectivity index (χ0) is 21.7. The number of anilines is 1. The molecule has 3 aromatic rings. The number of benzene rings is 1. The molecule has 2 aromatic heterocycles. The Kier molecular flexibility index (Phi) is 7.27. The molecule has 30 heavy (non-hydrogen) atoms. The smallest absolute Gasteiger partial charge is 0.236 e. The van der Waals surface area contributed by atoms with Gasteiger partial charge in [-0.2, -0.15) is 0 Å². The molecule has 2 heterocycles. The Labute approximate surface area is 183 Å². The van der Waals surface area contributed by atoms with Crippen molar-refractivity contribution in [1.29, 1.82) is 0 Å². The molecule has 0 saturated carbocycles. The summed E-state index contributed by atoms with van der Waals surface area (Å²) in [4.78, 5) is 12.2. The molecule has 1 unspecified atom stereocenters. The van der Waals surface area contributed by atoms with Crippen LogP contribution < -0.4 is 14.8 Å². The molecule has 0 aliphatic heterocycles. The molecule has 160 valence electrons. The average Bonchev–Trinajstić information content (AvgIpc) is 3.32. The summed E-state index contributed by atoms with van der Waals surface area (Å²) in [6.07, 6.45) is -0.334. The van der Waals surface area contributed by atoms with Gasteiger partial charge in [-0.1, -0.05) is 29.2 Å². The highest BCUT2D eigenvalue weighted by Gasteiger charge is 2.22. The fourth-order valence-corrected chi connectivity index (χ4v) is 4.20. The van der Waals surface area contributed by atoms with E-state index in [4.69, 9.17) is 9.47 Å². The summed E-state index contributed by atoms with van der Waals surface area (Å²) in [6, 6.07) is 7.51. The zero-order valence-electron chi connectivity index (χ0n) is 17.4. The van der Waals surface area contributed by atoms with E-state index < -0.39 is 0 Å². The van der Waals surface area contributed by atoms with Gasteiger partial charge in [-0.3, -0.25) is 10.1 Å². The second-order valence-corrected chi connectivity index (χ2v) is 8.83. The predicted molar refractivity (Wildman–Crippen MR) is 116 cm³/mol. The maximum absolute atomic E-state index is 12.2. The zero-order valence-corrected chi connectivity index (χ0v) is 19.1. The van der Waals surface area contributed by atoms with Crippen LogP contribution in [0.4, 0.5) is 5.13 Å². The van der Waals surface area contributed by atoms with Gasteiger partial charge in [0.15, 0.2) is 17.1 Å². The van der Waals surface area contributed by atoms with Crippen LogP contribution in [-0.2, 0) is 4.79 Å². The Hall–Kier alpha value is -2.66. The van der Waals surface area contributed by atoms with Gasteiger partial charge in [0, 0.05) is 12.1 Å². The summed E-state index contributed by atoms with van der Waals surface area (Å²) in [7, 11) is 1.61. The average molecular weight is 449 g/mol. The lowest BCUT2D eigenvalue weighted by atomic mass is 10.3. The maximum Gasteiger partial charge on any atom is 0.236 e. The lowest BCUT2D eigenvalue weighted by Crippen LogP contribution is -2.16. The Bertz CT molecular complexity index is 1000. The summed E-state index contributed by atoms with van der Waals surface area (Å²) in [5, 5.41) is 21.1. The molecule has 0 aliphatic rings. The van der Waals surface area contributed by atoms with Crippen molar-refractivity contribution in [2.45, 2.75) is 45.0 Å². The molecule has 3 rings (SSSR count). The van der Waals surface area contributed by atoms with E-state index in [-0.39, 0.29) is 23.8 Å². The SMILES string of the molecule is COc1cccc(OC(C)c2nnc(SCC(=O)Nc3nnc(C)s3)n2C(C)C)c1. The first-order valence-electron chi connectivity index (χ1n) is 9.35. The fourth-order valence-electron chi connectivity index (χ4n) is 2.71. The first-order valence-corrected chi connectivity index (χ1v) is 11.2. The number of amides is 1. The number of rotatable bonds is 9. The van der Waals surface area contributed by atoms with Gasteiger partial charge in [-0.15, -0.1) is 20.4 Å². The van der Waals surface area contributed by atoms with Gasteiger partial charge in [0.2, 0.25) is 11.0 Å². The van der Waals surface area contributed by atoms with E-state index in [1.807, 2.05) is 56.5 Å². The first-order chi connectivity index (χ1) is 14.4. The lowest BCUT2D eigenvalue weighted by Gasteiger charge is -2.19. The Morgan fingerprint density at radius 1 is 1.20 bits per heavy atom. The number of nitrogens with zero attached hydrogens (tertiary/aromatic N) is 5. The van der Waals surface area contributed by atoms with Gasteiger partial charge in [-0.25, -0.2) is 0 Å². The lowest BCUT2D eigenvalue weighted by molar-refractivity contribution is -0.113. The number of carbonyl (C=O) groups is 1. The van der Waals surface area contributed by atoms with Gasteiger partial charge < -0.3 is 14.0 Å². The maximum atomic E-state index is 12.2. The molecule has 1 atom stereocenters. The van der Waals surface area contributed by atoms with Gasteiger partial charge >= 0.3 is 0 Å². The van der Waals surface area contributed by atoms with Crippen LogP contribution in [0.25, 0.3) is 0 Å². The number of hydrogen-bond acceptors (Lipinski definition) is 9. The van der Waals surface area contributed by atoms with Crippen LogP contribution in [0.3, 0.4) is 0 Å². The Morgan fingerprint density at radius 2 is 1.97 bits per heavy atom. The number of aromatic nitrogens is 5. The summed E-state index contributed by atoms with van der Waals surface area (Å²) in [5.74, 6) is 2.11. The van der Waals surface area contributed by atoms with E-state index in [2.05, 4.69) is 25.7 Å². The van der Waals surface area contributed by atoms with Gasteiger partial charge in [0.25, 0.3) is 0 Å². The molecule has 0 bridgehead atoms. The van der Waals surface area contributed by atoms with Crippen LogP contribution in [0.2, 0.25) is 0 Å². The van der Waals surface area contributed by atoms with Gasteiger partial charge in [0.1, 0.15) is 16.5 Å². The Morgan fingerprint density at radius 3 is 2.63 bits per heavy atom. The van der Waals surface area contributed by atoms with Crippen LogP contribution in [0, 0.1) is 6.92 Å². The highest BCUT2D eigenvalue weighted by Crippen LogP contribution is 2.29. The van der Waals surface area contributed by atoms with E-state index >= 15 is 0 Å². The molecule has 0 aliphatic carbocycles. The molecule has 0 saturated heterocycles. The summed E-state index contributed by atoms with van der Waals surface area (Å²) in [6.45, 7) is 7.84. The molecule has 0 spiro atoms. The van der Waals surface area contributed by atoms with E-state index in [0.29, 0.717) is 21.9 Å². The number of nitrogens with one attached hydrogen (secondary N) is 1. The van der Waals surface area contributed by atoms with E-state index in [1.54, 1.807) is 7.11 Å². The largest absolute Gasteiger partial charge is 0.497 e. The number of aryl methyl sites for hydroxylation is 1. The van der Waals surface area contributed by atoms with Crippen molar-refractivity contribution in [1.82, 2.24) is 25.0 Å². The number of methoxy groups -OCH3 is 1. The monoisotopic (exact) mass is 448 g/mol. The number of hydrogen-bond donors (Lipinski definition) is 1. The third-order valence-electron chi connectivity index (χ3n) is 4.03. The molecule has 1 N–H and O–H groups in total. The fraction of sp³-hybridized carbons (Fsp3) is 0.421. The second-order valence-electron chi connectivity index (χ2n) is 6.71. The van der Waals surface area contributed by atoms with Gasteiger partial charge in [0.05, 0.1) is 12.9 Å². The second kappa shape index (κ2) is 9.90. The van der Waals surface area contributed by atoms with Crippen LogP contribution >= 0.6 is 23.1 Å². The highest BCUT2D eigenvalue weighted by atomic mass is 32.2. The van der Waals surface area contributed by atoms with Crippen molar-refractivity contribution in [3.05, 3.63) is 35.1 Å². The van der Waals surface area contributed by atoms with Crippen molar-refractivity contribution in [3.8, 4) is 11.5 Å². The van der Waals surface area contributed by atoms with Crippen LogP contribution in [0.5, 0.6) is 11.5 Å². The Balaban J connectivity index is 1.68. The third-order valence-corrected chi connectivity index (χ3v) is 5.73. The molecule has 11 heteroatoms. The normalized spacial score (nSPS) is 12.1. The quantitative estimate of drug-likeness (QED) is 0.492. The number of ether oxygens (including phenoxy) is 2. The first kappa shape index (κ1) is 22.0. The minimum Gasteiger partial charge on any atom is -0.497 e. The van der Waals surface area contributed by atoms with Crippen molar-refractivity contribution < 1.29 is 14.3 Å². The molecule has 1 amide bonds. The molecular weight excluding hydrogens is 424 g/mol. The molecule has 1 aromatic carbocycles. The minimum atomic E-state index is -0.334.